The Hall–Kier alpha value is -12.4. The Morgan fingerprint density at radius 2 is 0.478 bits per heavy atom. The maximum absolute atomic E-state index is 2.65. The second kappa shape index (κ2) is 27.1. The second-order valence-corrected chi connectivity index (χ2v) is 37.4. The Morgan fingerprint density at radius 1 is 0.209 bits per heavy atom. The maximum atomic E-state index is 2.65. The molecule has 0 aliphatic carbocycles. The Morgan fingerprint density at radius 3 is 0.748 bits per heavy atom. The van der Waals surface area contributed by atoms with E-state index in [-0.39, 0.29) is 33.8 Å². The molecule has 562 valence electrons. The minimum atomic E-state index is -0.294. The molecule has 4 nitrogen and oxygen atoms in total. The molecule has 0 fully saturated rings. The third kappa shape index (κ3) is 12.5. The predicted molar refractivity (Wildman–Crippen MR) is 495 cm³/mol. The molecule has 0 amide bonds. The fourth-order valence-electron chi connectivity index (χ4n) is 18.4. The van der Waals surface area contributed by atoms with Gasteiger partial charge in [0.2, 0.25) is 0 Å². The van der Waals surface area contributed by atoms with Crippen molar-refractivity contribution in [1.82, 2.24) is 9.13 Å². The van der Waals surface area contributed by atoms with Crippen LogP contribution in [0.5, 0.6) is 0 Å². The van der Waals surface area contributed by atoms with Crippen LogP contribution in [0.15, 0.2) is 328 Å². The highest BCUT2D eigenvalue weighted by Crippen LogP contribution is 2.51. The van der Waals surface area contributed by atoms with E-state index in [0.29, 0.717) is 0 Å². The largest absolute Gasteiger partial charge is 0.311 e. The van der Waals surface area contributed by atoms with Gasteiger partial charge >= 0.3 is 0 Å². The van der Waals surface area contributed by atoms with E-state index < -0.39 is 0 Å². The van der Waals surface area contributed by atoms with Gasteiger partial charge in [0, 0.05) is 67.0 Å². The van der Waals surface area contributed by atoms with Crippen LogP contribution >= 0.6 is 0 Å². The van der Waals surface area contributed by atoms with Crippen LogP contribution in [0.25, 0.3) is 122 Å². The molecule has 0 saturated carbocycles. The minimum Gasteiger partial charge on any atom is -0.311 e. The highest BCUT2D eigenvalue weighted by Gasteiger charge is 2.45. The lowest BCUT2D eigenvalue weighted by Crippen LogP contribution is -2.61. The van der Waals surface area contributed by atoms with Gasteiger partial charge in [0.15, 0.2) is 0 Å². The van der Waals surface area contributed by atoms with E-state index in [1.807, 2.05) is 0 Å². The van der Waals surface area contributed by atoms with Gasteiger partial charge in [-0.05, 0) is 223 Å². The number of hydrogen-bond donors (Lipinski definition) is 0. The van der Waals surface area contributed by atoms with Crippen LogP contribution in [0.3, 0.4) is 0 Å². The van der Waals surface area contributed by atoms with Crippen molar-refractivity contribution >= 4 is 101 Å². The zero-order valence-corrected chi connectivity index (χ0v) is 69.0. The molecule has 0 unspecified atom stereocenters. The summed E-state index contributed by atoms with van der Waals surface area (Å²) in [5.41, 5.74) is 37.7. The molecule has 5 heteroatoms. The molecular weight excluding hydrogens is 1390 g/mol. The van der Waals surface area contributed by atoms with Gasteiger partial charge in [0.1, 0.15) is 0 Å². The summed E-state index contributed by atoms with van der Waals surface area (Å²) in [5.74, 6) is 0. The van der Waals surface area contributed by atoms with Crippen molar-refractivity contribution in [3.63, 3.8) is 0 Å². The standard InChI is InChI=1S/C110H99BN4/c1-106(2,3)76-46-56-89-90-57-47-77(107(4,5)6)63-96(90)114(95(89)62-76)83-54-60-93-99(68-83)112(81-50-42-74(43-51-81)103-85(70-30-20-16-21-31-70)38-28-39-86(103)71-32-22-17-23-33-71)101-66-80(110(13,14)15)67-102-105(101)111(93)94-61-55-84(115-97-64-78(108(7,8)9)48-58-91(97)92-59-49-79(65-98(92)115)109(10,11)12)69-100(94)113(102)82-52-44-75(45-53-82)104-87(72-34-24-18-25-35-72)40-29-41-88(104)73-36-26-19-27-37-73/h16-69H,1-15H3. The lowest BCUT2D eigenvalue weighted by Gasteiger charge is -2.45. The fourth-order valence-corrected chi connectivity index (χ4v) is 18.4. The first-order valence-electron chi connectivity index (χ1n) is 41.2. The molecule has 2 aromatic heterocycles. The number of anilines is 6. The molecule has 0 atom stereocenters. The van der Waals surface area contributed by atoms with Crippen molar-refractivity contribution < 1.29 is 0 Å². The number of rotatable bonds is 10. The summed E-state index contributed by atoms with van der Waals surface area (Å²) < 4.78 is 5.18. The van der Waals surface area contributed by atoms with Gasteiger partial charge in [-0.25, -0.2) is 0 Å². The monoisotopic (exact) mass is 1490 g/mol. The summed E-state index contributed by atoms with van der Waals surface area (Å²) in [4.78, 5) is 5.29. The summed E-state index contributed by atoms with van der Waals surface area (Å²) in [6.45, 7) is 35.0. The Balaban J connectivity index is 0.905. The van der Waals surface area contributed by atoms with Crippen molar-refractivity contribution in [2.45, 2.75) is 131 Å². The van der Waals surface area contributed by atoms with Gasteiger partial charge in [-0.15, -0.1) is 0 Å². The molecule has 0 N–H and O–H groups in total. The zero-order chi connectivity index (χ0) is 79.4. The number of benzene rings is 15. The van der Waals surface area contributed by atoms with Crippen LogP contribution in [-0.2, 0) is 27.1 Å². The van der Waals surface area contributed by atoms with Crippen molar-refractivity contribution in [1.29, 1.82) is 0 Å². The van der Waals surface area contributed by atoms with Crippen LogP contribution < -0.4 is 26.2 Å². The summed E-state index contributed by atoms with van der Waals surface area (Å²) in [6, 6.07) is 125. The van der Waals surface area contributed by atoms with Crippen LogP contribution in [0.4, 0.5) is 34.1 Å². The molecule has 0 bridgehead atoms. The Kier molecular flexibility index (Phi) is 17.2. The van der Waals surface area contributed by atoms with E-state index in [4.69, 9.17) is 0 Å². The molecule has 0 spiro atoms. The molecule has 4 heterocycles. The predicted octanol–water partition coefficient (Wildman–Crippen LogP) is 28.5. The number of nitrogens with zero attached hydrogens (tertiary/aromatic N) is 4. The molecular formula is C110H99BN4. The summed E-state index contributed by atoms with van der Waals surface area (Å²) in [5, 5.41) is 5.00. The maximum Gasteiger partial charge on any atom is 0.252 e. The van der Waals surface area contributed by atoms with E-state index >= 15 is 0 Å². The van der Waals surface area contributed by atoms with Gasteiger partial charge in [-0.3, -0.25) is 0 Å². The van der Waals surface area contributed by atoms with Crippen LogP contribution in [-0.4, -0.2) is 15.8 Å². The first-order valence-corrected chi connectivity index (χ1v) is 41.2. The third-order valence-corrected chi connectivity index (χ3v) is 24.7. The second-order valence-electron chi connectivity index (χ2n) is 37.4. The Bertz CT molecular complexity index is 6030. The van der Waals surface area contributed by atoms with E-state index in [1.54, 1.807) is 0 Å². The van der Waals surface area contributed by atoms with E-state index in [9.17, 15) is 0 Å². The number of fused-ring (bicyclic) bond motifs is 10. The molecule has 17 aromatic rings. The quantitative estimate of drug-likeness (QED) is 0.127. The van der Waals surface area contributed by atoms with Crippen molar-refractivity contribution in [3.8, 4) is 78.1 Å². The first kappa shape index (κ1) is 72.8. The summed E-state index contributed by atoms with van der Waals surface area (Å²) in [6.07, 6.45) is 0. The van der Waals surface area contributed by atoms with Gasteiger partial charge < -0.3 is 18.9 Å². The normalized spacial score (nSPS) is 13.1. The molecule has 115 heavy (non-hydrogen) atoms. The highest BCUT2D eigenvalue weighted by molar-refractivity contribution is 7.00. The van der Waals surface area contributed by atoms with Crippen LogP contribution in [0.2, 0.25) is 0 Å². The molecule has 19 rings (SSSR count). The fraction of sp³-hybridized carbons (Fsp3) is 0.182. The van der Waals surface area contributed by atoms with Crippen molar-refractivity contribution in [3.05, 3.63) is 355 Å². The first-order chi connectivity index (χ1) is 55.2. The van der Waals surface area contributed by atoms with Gasteiger partial charge in [0.05, 0.1) is 22.1 Å². The number of hydrogen-bond acceptors (Lipinski definition) is 2. The Labute approximate surface area is 679 Å². The summed E-state index contributed by atoms with van der Waals surface area (Å²) in [7, 11) is 0. The van der Waals surface area contributed by atoms with E-state index in [1.165, 1.54) is 155 Å². The van der Waals surface area contributed by atoms with Crippen molar-refractivity contribution in [2.75, 3.05) is 9.80 Å². The van der Waals surface area contributed by atoms with Crippen LogP contribution in [0, 0.1) is 0 Å². The lowest BCUT2D eigenvalue weighted by atomic mass is 9.33. The summed E-state index contributed by atoms with van der Waals surface area (Å²) >= 11 is 0. The van der Waals surface area contributed by atoms with E-state index in [2.05, 4.69) is 450 Å². The lowest BCUT2D eigenvalue weighted by molar-refractivity contribution is 0.590. The topological polar surface area (TPSA) is 16.3 Å². The van der Waals surface area contributed by atoms with E-state index in [0.717, 1.165) is 45.3 Å². The molecule has 15 aromatic carbocycles. The van der Waals surface area contributed by atoms with Crippen LogP contribution in [0.1, 0.15) is 132 Å². The molecule has 0 saturated heterocycles. The average molecular weight is 1490 g/mol. The van der Waals surface area contributed by atoms with Gasteiger partial charge in [-0.1, -0.05) is 347 Å². The number of aromatic nitrogens is 2. The van der Waals surface area contributed by atoms with Gasteiger partial charge in [0.25, 0.3) is 6.71 Å². The van der Waals surface area contributed by atoms with Gasteiger partial charge in [-0.2, -0.15) is 0 Å². The minimum absolute atomic E-state index is 0.0867. The molecule has 2 aliphatic rings. The SMILES string of the molecule is CC(C)(C)c1cc2c3c(c1)N(c1ccc(-c4c(-c5ccccc5)cccc4-c4ccccc4)cc1)c1cc(-n4c5cc(C(C)(C)C)ccc5c5ccc(C(C)(C)C)cc54)ccc1B3c1ccc(-n3c4cc(C(C)(C)C)ccc4c4ccc(C(C)(C)C)cc43)cc1N2c1ccc(-c2c(-c3ccccc3)cccc2-c2ccccc2)cc1. The van der Waals surface area contributed by atoms with Crippen molar-refractivity contribution in [2.24, 2.45) is 0 Å². The zero-order valence-electron chi connectivity index (χ0n) is 69.0. The average Bonchev–Trinajstić information content (AvgIpc) is 0.853. The molecule has 2 aliphatic heterocycles. The smallest absolute Gasteiger partial charge is 0.252 e. The molecule has 0 radical (unpaired) electrons. The third-order valence-electron chi connectivity index (χ3n) is 24.7. The highest BCUT2D eigenvalue weighted by atomic mass is 15.2.